The van der Waals surface area contributed by atoms with E-state index in [1.807, 2.05) is 26.0 Å². The number of hydrogen-bond donors (Lipinski definition) is 0. The largest absolute Gasteiger partial charge is 0.253 e. The normalized spacial score (nSPS) is 14.6. The van der Waals surface area contributed by atoms with E-state index in [-0.39, 0.29) is 4.90 Å². The highest BCUT2D eigenvalue weighted by molar-refractivity contribution is 8.06. The summed E-state index contributed by atoms with van der Waals surface area (Å²) in [6.45, 7) is 5.31. The lowest BCUT2D eigenvalue weighted by molar-refractivity contribution is 0.593. The summed E-state index contributed by atoms with van der Waals surface area (Å²) in [7, 11) is -5.21. The number of aryl methyl sites for hydroxylation is 2. The summed E-state index contributed by atoms with van der Waals surface area (Å²) in [5.41, 5.74) is 2.03. The zero-order valence-electron chi connectivity index (χ0n) is 12.2. The van der Waals surface area contributed by atoms with Crippen LogP contribution in [0.15, 0.2) is 58.3 Å². The molecule has 2 aromatic rings. The van der Waals surface area contributed by atoms with Crippen molar-refractivity contribution in [2.45, 2.75) is 35.1 Å². The van der Waals surface area contributed by atoms with Gasteiger partial charge in [0.2, 0.25) is 0 Å². The Morgan fingerprint density at radius 1 is 0.857 bits per heavy atom. The first-order chi connectivity index (χ1) is 9.82. The van der Waals surface area contributed by atoms with Crippen LogP contribution in [-0.2, 0) is 20.6 Å². The SMILES string of the molecule is Cc1ccc(S(=O)C(C)S(=O)(=O)c2ccc(C)cc2)cc1. The standard InChI is InChI=1S/C16H18O3S2/c1-12-4-8-15(9-5-12)20(17)14(3)21(18,19)16-10-6-13(2)7-11-16/h4-11,14H,1-3H3. The zero-order valence-corrected chi connectivity index (χ0v) is 13.9. The summed E-state index contributed by atoms with van der Waals surface area (Å²) < 4.78 is 36.6. The van der Waals surface area contributed by atoms with Crippen LogP contribution in [0.25, 0.3) is 0 Å². The first-order valence-corrected chi connectivity index (χ1v) is 9.36. The highest BCUT2D eigenvalue weighted by Crippen LogP contribution is 2.22. The molecular weight excluding hydrogens is 304 g/mol. The van der Waals surface area contributed by atoms with E-state index in [1.54, 1.807) is 36.4 Å². The van der Waals surface area contributed by atoms with Gasteiger partial charge in [-0.3, -0.25) is 4.21 Å². The maximum absolute atomic E-state index is 12.5. The third kappa shape index (κ3) is 3.41. The first kappa shape index (κ1) is 15.9. The van der Waals surface area contributed by atoms with Crippen molar-refractivity contribution >= 4 is 20.6 Å². The molecule has 0 spiro atoms. The van der Waals surface area contributed by atoms with Crippen molar-refractivity contribution in [3.05, 3.63) is 59.7 Å². The second-order valence-electron chi connectivity index (χ2n) is 5.04. The molecule has 0 saturated carbocycles. The van der Waals surface area contributed by atoms with Gasteiger partial charge in [0.25, 0.3) is 0 Å². The summed E-state index contributed by atoms with van der Waals surface area (Å²) in [5.74, 6) is 0. The predicted molar refractivity (Wildman–Crippen MR) is 85.4 cm³/mol. The van der Waals surface area contributed by atoms with Crippen LogP contribution in [0.2, 0.25) is 0 Å². The molecule has 0 fully saturated rings. The zero-order chi connectivity index (χ0) is 15.6. The van der Waals surface area contributed by atoms with E-state index in [1.165, 1.54) is 6.92 Å². The maximum Gasteiger partial charge on any atom is 0.193 e. The Bertz CT molecular complexity index is 745. The van der Waals surface area contributed by atoms with Crippen molar-refractivity contribution in [2.24, 2.45) is 0 Å². The van der Waals surface area contributed by atoms with Crippen LogP contribution in [0, 0.1) is 13.8 Å². The van der Waals surface area contributed by atoms with Gasteiger partial charge >= 0.3 is 0 Å². The molecule has 0 aliphatic carbocycles. The minimum atomic E-state index is -3.61. The number of sulfone groups is 1. The van der Waals surface area contributed by atoms with Gasteiger partial charge in [-0.05, 0) is 45.0 Å². The van der Waals surface area contributed by atoms with Crippen LogP contribution >= 0.6 is 0 Å². The molecule has 0 aromatic heterocycles. The Kier molecular flexibility index (Phi) is 4.64. The van der Waals surface area contributed by atoms with E-state index >= 15 is 0 Å². The van der Waals surface area contributed by atoms with E-state index in [2.05, 4.69) is 0 Å². The third-order valence-electron chi connectivity index (χ3n) is 3.34. The fourth-order valence-electron chi connectivity index (χ4n) is 1.90. The van der Waals surface area contributed by atoms with Gasteiger partial charge in [-0.15, -0.1) is 0 Å². The fraction of sp³-hybridized carbons (Fsp3) is 0.250. The van der Waals surface area contributed by atoms with Crippen molar-refractivity contribution < 1.29 is 12.6 Å². The molecule has 2 unspecified atom stereocenters. The highest BCUT2D eigenvalue weighted by atomic mass is 32.3. The predicted octanol–water partition coefficient (Wildman–Crippen LogP) is 3.23. The van der Waals surface area contributed by atoms with Crippen molar-refractivity contribution in [3.8, 4) is 0 Å². The van der Waals surface area contributed by atoms with Gasteiger partial charge in [0.1, 0.15) is 4.58 Å². The van der Waals surface area contributed by atoms with Crippen LogP contribution in [0.1, 0.15) is 18.1 Å². The molecule has 2 rings (SSSR count). The van der Waals surface area contributed by atoms with E-state index in [0.717, 1.165) is 11.1 Å². The minimum absolute atomic E-state index is 0.209. The molecule has 0 N–H and O–H groups in total. The molecule has 2 atom stereocenters. The molecular formula is C16H18O3S2. The second-order valence-corrected chi connectivity index (χ2v) is 9.38. The topological polar surface area (TPSA) is 51.2 Å². The molecule has 0 amide bonds. The molecule has 112 valence electrons. The van der Waals surface area contributed by atoms with Crippen LogP contribution in [0.3, 0.4) is 0 Å². The van der Waals surface area contributed by atoms with E-state index in [4.69, 9.17) is 0 Å². The highest BCUT2D eigenvalue weighted by Gasteiger charge is 2.29. The van der Waals surface area contributed by atoms with Crippen molar-refractivity contribution in [1.82, 2.24) is 0 Å². The Balaban J connectivity index is 2.33. The Morgan fingerprint density at radius 2 is 1.29 bits per heavy atom. The molecule has 0 radical (unpaired) electrons. The molecule has 0 aliphatic rings. The first-order valence-electron chi connectivity index (χ1n) is 6.60. The Hall–Kier alpha value is -1.46. The van der Waals surface area contributed by atoms with Gasteiger partial charge in [-0.25, -0.2) is 8.42 Å². The molecule has 0 saturated heterocycles. The van der Waals surface area contributed by atoms with Crippen molar-refractivity contribution in [1.29, 1.82) is 0 Å². The van der Waals surface area contributed by atoms with E-state index in [0.29, 0.717) is 4.90 Å². The van der Waals surface area contributed by atoms with Gasteiger partial charge in [-0.2, -0.15) is 0 Å². The van der Waals surface area contributed by atoms with E-state index in [9.17, 15) is 12.6 Å². The number of benzene rings is 2. The lowest BCUT2D eigenvalue weighted by atomic mass is 10.2. The van der Waals surface area contributed by atoms with Gasteiger partial charge in [-0.1, -0.05) is 35.4 Å². The summed E-state index contributed by atoms with van der Waals surface area (Å²) in [6.07, 6.45) is 0. The van der Waals surface area contributed by atoms with Gasteiger partial charge in [0, 0.05) is 4.90 Å². The van der Waals surface area contributed by atoms with Crippen molar-refractivity contribution in [2.75, 3.05) is 0 Å². The minimum Gasteiger partial charge on any atom is -0.253 e. The maximum atomic E-state index is 12.5. The van der Waals surface area contributed by atoms with Gasteiger partial charge < -0.3 is 0 Å². The molecule has 0 bridgehead atoms. The third-order valence-corrected chi connectivity index (χ3v) is 7.77. The summed E-state index contributed by atoms with van der Waals surface area (Å²) in [6, 6.07) is 13.7. The second kappa shape index (κ2) is 6.12. The van der Waals surface area contributed by atoms with Gasteiger partial charge in [0.05, 0.1) is 15.7 Å². The molecule has 3 nitrogen and oxygen atoms in total. The van der Waals surface area contributed by atoms with Crippen molar-refractivity contribution in [3.63, 3.8) is 0 Å². The van der Waals surface area contributed by atoms with Crippen LogP contribution in [0.4, 0.5) is 0 Å². The van der Waals surface area contributed by atoms with Gasteiger partial charge in [0.15, 0.2) is 9.84 Å². The molecule has 5 heteroatoms. The van der Waals surface area contributed by atoms with E-state index < -0.39 is 25.2 Å². The quantitative estimate of drug-likeness (QED) is 0.868. The molecule has 21 heavy (non-hydrogen) atoms. The van der Waals surface area contributed by atoms with Crippen LogP contribution in [0.5, 0.6) is 0 Å². The van der Waals surface area contributed by atoms with Crippen LogP contribution < -0.4 is 0 Å². The summed E-state index contributed by atoms with van der Waals surface area (Å²) in [5, 5.41) is 0. The lowest BCUT2D eigenvalue weighted by Crippen LogP contribution is -2.23. The van der Waals surface area contributed by atoms with Crippen LogP contribution in [-0.4, -0.2) is 17.2 Å². The molecule has 2 aromatic carbocycles. The Morgan fingerprint density at radius 3 is 1.76 bits per heavy atom. The smallest absolute Gasteiger partial charge is 0.193 e. The Labute approximate surface area is 128 Å². The number of hydrogen-bond acceptors (Lipinski definition) is 3. The fourth-order valence-corrected chi connectivity index (χ4v) is 5.17. The molecule has 0 heterocycles. The average molecular weight is 322 g/mol. The average Bonchev–Trinajstić information content (AvgIpc) is 2.47. The summed E-state index contributed by atoms with van der Waals surface area (Å²) >= 11 is 0. The molecule has 0 aliphatic heterocycles. The monoisotopic (exact) mass is 322 g/mol. The lowest BCUT2D eigenvalue weighted by Gasteiger charge is -2.13. The summed E-state index contributed by atoms with van der Waals surface area (Å²) in [4.78, 5) is 0.741. The number of rotatable bonds is 4.